The zero-order chi connectivity index (χ0) is 13.6. The molecule has 2 aromatic heterocycles. The van der Waals surface area contributed by atoms with Gasteiger partial charge in [-0.2, -0.15) is 0 Å². The third-order valence-electron chi connectivity index (χ3n) is 3.23. The third kappa shape index (κ3) is 1.98. The summed E-state index contributed by atoms with van der Waals surface area (Å²) in [5, 5.41) is 9.32. The number of rotatable bonds is 2. The summed E-state index contributed by atoms with van der Waals surface area (Å²) in [6.07, 6.45) is 1.41. The molecular weight excluding hydrogens is 275 g/mol. The molecule has 0 amide bonds. The Hall–Kier alpha value is -1.31. The van der Waals surface area contributed by atoms with E-state index in [4.69, 9.17) is 21.4 Å². The molecule has 2 aromatic rings. The fourth-order valence-electron chi connectivity index (χ4n) is 2.38. The molecular formula is C11H12ClFN4O2. The molecule has 0 aromatic carbocycles. The summed E-state index contributed by atoms with van der Waals surface area (Å²) in [5.74, 6) is 0. The number of ether oxygens (including phenoxy) is 1. The molecule has 0 saturated carbocycles. The van der Waals surface area contributed by atoms with Gasteiger partial charge in [-0.3, -0.25) is 4.57 Å². The molecule has 3 heterocycles. The number of aromatic nitrogens is 4. The number of imidazole rings is 1. The van der Waals surface area contributed by atoms with E-state index in [1.165, 1.54) is 24.1 Å². The van der Waals surface area contributed by atoms with Gasteiger partial charge in [-0.1, -0.05) is 11.6 Å². The van der Waals surface area contributed by atoms with Crippen LogP contribution in [0.4, 0.5) is 4.39 Å². The predicted octanol–water partition coefficient (Wildman–Crippen LogP) is 1.49. The largest absolute Gasteiger partial charge is 0.394 e. The number of aliphatic hydroxyl groups is 1. The van der Waals surface area contributed by atoms with Crippen molar-refractivity contribution in [1.82, 2.24) is 19.5 Å². The van der Waals surface area contributed by atoms with Crippen LogP contribution >= 0.6 is 11.6 Å². The Morgan fingerprint density at radius 3 is 3.05 bits per heavy atom. The zero-order valence-corrected chi connectivity index (χ0v) is 10.9. The molecule has 1 fully saturated rings. The topological polar surface area (TPSA) is 73.1 Å². The summed E-state index contributed by atoms with van der Waals surface area (Å²) in [5.41, 5.74) is -0.804. The van der Waals surface area contributed by atoms with Gasteiger partial charge in [-0.25, -0.2) is 19.3 Å². The van der Waals surface area contributed by atoms with E-state index in [1.807, 2.05) is 0 Å². The number of hydrogen-bond donors (Lipinski definition) is 1. The van der Waals surface area contributed by atoms with Crippen LogP contribution in [-0.2, 0) is 4.74 Å². The maximum atomic E-state index is 14.5. The van der Waals surface area contributed by atoms with Crippen LogP contribution in [0.2, 0.25) is 5.15 Å². The highest BCUT2D eigenvalue weighted by Gasteiger charge is 2.47. The van der Waals surface area contributed by atoms with Crippen molar-refractivity contribution in [3.8, 4) is 0 Å². The van der Waals surface area contributed by atoms with E-state index in [9.17, 15) is 4.39 Å². The van der Waals surface area contributed by atoms with Gasteiger partial charge in [0, 0.05) is 6.42 Å². The molecule has 19 heavy (non-hydrogen) atoms. The molecule has 0 spiro atoms. The highest BCUT2D eigenvalue weighted by Crippen LogP contribution is 2.41. The van der Waals surface area contributed by atoms with Crippen LogP contribution in [0.5, 0.6) is 0 Å². The van der Waals surface area contributed by atoms with Crippen molar-refractivity contribution in [2.24, 2.45) is 0 Å². The van der Waals surface area contributed by atoms with Gasteiger partial charge in [-0.05, 0) is 6.92 Å². The molecule has 0 aliphatic carbocycles. The fourth-order valence-corrected chi connectivity index (χ4v) is 2.55. The number of fused-ring (bicyclic) bond motifs is 1. The smallest absolute Gasteiger partial charge is 0.170 e. The van der Waals surface area contributed by atoms with Gasteiger partial charge in [-0.15, -0.1) is 0 Å². The lowest BCUT2D eigenvalue weighted by molar-refractivity contribution is -0.0565. The lowest BCUT2D eigenvalue weighted by atomic mass is 10.0. The highest BCUT2D eigenvalue weighted by atomic mass is 35.5. The summed E-state index contributed by atoms with van der Waals surface area (Å²) in [7, 11) is 0. The minimum absolute atomic E-state index is 0.118. The first-order valence-electron chi connectivity index (χ1n) is 5.81. The highest BCUT2D eigenvalue weighted by molar-refractivity contribution is 6.33. The van der Waals surface area contributed by atoms with Crippen LogP contribution in [0, 0.1) is 0 Å². The molecule has 1 N–H and O–H groups in total. The molecule has 6 nitrogen and oxygen atoms in total. The minimum Gasteiger partial charge on any atom is -0.394 e. The number of nitrogens with zero attached hydrogens (tertiary/aromatic N) is 4. The molecule has 102 valence electrons. The van der Waals surface area contributed by atoms with Crippen molar-refractivity contribution in [2.75, 3.05) is 6.61 Å². The van der Waals surface area contributed by atoms with Crippen LogP contribution in [0.1, 0.15) is 19.6 Å². The van der Waals surface area contributed by atoms with Gasteiger partial charge in [0.05, 0.1) is 19.0 Å². The van der Waals surface area contributed by atoms with Crippen molar-refractivity contribution in [1.29, 1.82) is 0 Å². The van der Waals surface area contributed by atoms with Crippen LogP contribution in [0.25, 0.3) is 11.2 Å². The average Bonchev–Trinajstić information content (AvgIpc) is 2.90. The number of halogens is 2. The molecule has 0 radical (unpaired) electrons. The minimum atomic E-state index is -1.61. The van der Waals surface area contributed by atoms with Crippen LogP contribution in [0.15, 0.2) is 12.7 Å². The predicted molar refractivity (Wildman–Crippen MR) is 65.5 cm³/mol. The Labute approximate surface area is 113 Å². The maximum Gasteiger partial charge on any atom is 0.170 e. The molecule has 8 heteroatoms. The summed E-state index contributed by atoms with van der Waals surface area (Å²) >= 11 is 5.90. The Bertz CT molecular complexity index is 618. The van der Waals surface area contributed by atoms with E-state index in [2.05, 4.69) is 15.0 Å². The monoisotopic (exact) mass is 286 g/mol. The Balaban J connectivity index is 2.07. The van der Waals surface area contributed by atoms with E-state index < -0.39 is 18.0 Å². The zero-order valence-electron chi connectivity index (χ0n) is 10.1. The van der Waals surface area contributed by atoms with Crippen molar-refractivity contribution in [3.63, 3.8) is 0 Å². The van der Waals surface area contributed by atoms with Gasteiger partial charge in [0.15, 0.2) is 22.7 Å². The SMILES string of the molecule is C[C@]1(F)C[C@@H](CO)O[C@H]1n1cnc2c(Cl)ncnc21. The first-order chi connectivity index (χ1) is 9.03. The Morgan fingerprint density at radius 2 is 2.37 bits per heavy atom. The summed E-state index contributed by atoms with van der Waals surface area (Å²) < 4.78 is 21.5. The van der Waals surface area contributed by atoms with Crippen LogP contribution < -0.4 is 0 Å². The van der Waals surface area contributed by atoms with Gasteiger partial charge < -0.3 is 9.84 Å². The fraction of sp³-hybridized carbons (Fsp3) is 0.545. The summed E-state index contributed by atoms with van der Waals surface area (Å²) in [6.45, 7) is 1.21. The molecule has 0 bridgehead atoms. The van der Waals surface area contributed by atoms with E-state index in [0.29, 0.717) is 11.2 Å². The van der Waals surface area contributed by atoms with E-state index in [-0.39, 0.29) is 18.2 Å². The van der Waals surface area contributed by atoms with Crippen molar-refractivity contribution < 1.29 is 14.2 Å². The van der Waals surface area contributed by atoms with E-state index >= 15 is 0 Å². The van der Waals surface area contributed by atoms with Crippen LogP contribution in [-0.4, -0.2) is 43.0 Å². The van der Waals surface area contributed by atoms with Crippen molar-refractivity contribution >= 4 is 22.8 Å². The van der Waals surface area contributed by atoms with Gasteiger partial charge >= 0.3 is 0 Å². The van der Waals surface area contributed by atoms with E-state index in [1.54, 1.807) is 0 Å². The van der Waals surface area contributed by atoms with Crippen LogP contribution in [0.3, 0.4) is 0 Å². The van der Waals surface area contributed by atoms with E-state index in [0.717, 1.165) is 0 Å². The number of aliphatic hydroxyl groups excluding tert-OH is 1. The van der Waals surface area contributed by atoms with Crippen molar-refractivity contribution in [2.45, 2.75) is 31.3 Å². The first kappa shape index (κ1) is 12.7. The van der Waals surface area contributed by atoms with Crippen molar-refractivity contribution in [3.05, 3.63) is 17.8 Å². The second-order valence-electron chi connectivity index (χ2n) is 4.76. The van der Waals surface area contributed by atoms with Gasteiger partial charge in [0.2, 0.25) is 0 Å². The molecule has 0 unspecified atom stereocenters. The second-order valence-corrected chi connectivity index (χ2v) is 5.12. The van der Waals surface area contributed by atoms with Gasteiger partial charge in [0.1, 0.15) is 11.8 Å². The number of hydrogen-bond acceptors (Lipinski definition) is 5. The molecule has 1 aliphatic heterocycles. The normalized spacial score (nSPS) is 31.2. The van der Waals surface area contributed by atoms with Gasteiger partial charge in [0.25, 0.3) is 0 Å². The maximum absolute atomic E-state index is 14.5. The molecule has 3 atom stereocenters. The summed E-state index contributed by atoms with van der Waals surface area (Å²) in [6, 6.07) is 0. The average molecular weight is 287 g/mol. The quantitative estimate of drug-likeness (QED) is 0.847. The number of alkyl halides is 1. The molecule has 3 rings (SSSR count). The Morgan fingerprint density at radius 1 is 1.58 bits per heavy atom. The lowest BCUT2D eigenvalue weighted by Crippen LogP contribution is -2.27. The third-order valence-corrected chi connectivity index (χ3v) is 3.51. The second kappa shape index (κ2) is 4.36. The lowest BCUT2D eigenvalue weighted by Gasteiger charge is -2.22. The Kier molecular flexibility index (Phi) is 2.92. The first-order valence-corrected chi connectivity index (χ1v) is 6.19. The molecule has 1 aliphatic rings. The summed E-state index contributed by atoms with van der Waals surface area (Å²) in [4.78, 5) is 12.0. The standard InChI is InChI=1S/C11H12ClFN4O2/c1-11(13)2-6(3-18)19-10(11)17-5-16-7-8(12)14-4-15-9(7)17/h4-6,10,18H,2-3H2,1H3/t6-,10+,11-/m0/s1. The molecule has 1 saturated heterocycles.